The molecule has 0 aromatic carbocycles. The molecule has 2 N–H and O–H groups in total. The number of nitrogens with zero attached hydrogens (tertiary/aromatic N) is 4. The Kier molecular flexibility index (Phi) is 5.16. The van der Waals surface area contributed by atoms with E-state index in [2.05, 4.69) is 26.7 Å². The maximum atomic E-state index is 13.0. The van der Waals surface area contributed by atoms with Gasteiger partial charge in [0.25, 0.3) is 5.91 Å². The lowest BCUT2D eigenvalue weighted by Gasteiger charge is -2.40. The van der Waals surface area contributed by atoms with Gasteiger partial charge in [0.2, 0.25) is 0 Å². The Morgan fingerprint density at radius 2 is 1.79 bits per heavy atom. The van der Waals surface area contributed by atoms with Gasteiger partial charge < -0.3 is 15.5 Å². The Morgan fingerprint density at radius 1 is 1.07 bits per heavy atom. The first-order chi connectivity index (χ1) is 14.2. The number of rotatable bonds is 3. The molecule has 29 heavy (non-hydrogen) atoms. The molecule has 0 aliphatic carbocycles. The molecule has 156 valence electrons. The molecule has 3 aliphatic rings. The zero-order valence-corrected chi connectivity index (χ0v) is 17.4. The number of fused-ring (bicyclic) bond motifs is 3. The van der Waals surface area contributed by atoms with Crippen LogP contribution in [0.3, 0.4) is 0 Å². The molecule has 1 amide bonds. The molecular weight excluding hydrogens is 364 g/mol. The first-order valence-corrected chi connectivity index (χ1v) is 11.3. The van der Waals surface area contributed by atoms with Crippen LogP contribution in [0.5, 0.6) is 0 Å². The van der Waals surface area contributed by atoms with Crippen LogP contribution >= 0.6 is 0 Å². The van der Waals surface area contributed by atoms with Crippen molar-refractivity contribution in [3.05, 3.63) is 17.8 Å². The maximum Gasteiger partial charge on any atom is 0.272 e. The summed E-state index contributed by atoms with van der Waals surface area (Å²) in [5.74, 6) is 0.936. The fourth-order valence-corrected chi connectivity index (χ4v) is 5.40. The highest BCUT2D eigenvalue weighted by Crippen LogP contribution is 2.27. The van der Waals surface area contributed by atoms with Gasteiger partial charge in [0, 0.05) is 38.3 Å². The number of hydrogen-bond donors (Lipinski definition) is 2. The van der Waals surface area contributed by atoms with Crippen LogP contribution in [0.25, 0.3) is 11.0 Å². The lowest BCUT2D eigenvalue weighted by atomic mass is 9.84. The van der Waals surface area contributed by atoms with Crippen LogP contribution in [0.15, 0.2) is 12.1 Å². The van der Waals surface area contributed by atoms with Gasteiger partial charge in [-0.3, -0.25) is 4.79 Å². The normalized spacial score (nSPS) is 27.6. The van der Waals surface area contributed by atoms with E-state index in [1.165, 1.54) is 44.9 Å². The summed E-state index contributed by atoms with van der Waals surface area (Å²) in [6.07, 6.45) is 10.8. The van der Waals surface area contributed by atoms with Crippen LogP contribution in [0, 0.1) is 0 Å². The lowest BCUT2D eigenvalue weighted by Crippen LogP contribution is -2.54. The summed E-state index contributed by atoms with van der Waals surface area (Å²) in [7, 11) is 1.88. The summed E-state index contributed by atoms with van der Waals surface area (Å²) < 4.78 is 1.75. The van der Waals surface area contributed by atoms with Crippen molar-refractivity contribution in [1.82, 2.24) is 25.4 Å². The van der Waals surface area contributed by atoms with Crippen LogP contribution in [0.1, 0.15) is 68.3 Å². The standard InChI is InChI=1S/C22H32N6O/c1-27-21-18(9-10-19(25-21)28-11-4-2-3-5-12-28)20(26-27)22(29)24-17-13-15-7-6-8-16(14-17)23-15/h9-10,15-17,23H,2-8,11-14H2,1H3,(H,24,29). The Balaban J connectivity index is 1.35. The molecule has 2 aromatic rings. The van der Waals surface area contributed by atoms with E-state index < -0.39 is 0 Å². The average Bonchev–Trinajstić information content (AvgIpc) is 2.89. The average molecular weight is 397 g/mol. The first-order valence-electron chi connectivity index (χ1n) is 11.3. The van der Waals surface area contributed by atoms with Gasteiger partial charge in [-0.1, -0.05) is 19.3 Å². The van der Waals surface area contributed by atoms with Gasteiger partial charge in [-0.15, -0.1) is 0 Å². The number of carbonyl (C=O) groups is 1. The molecule has 2 aromatic heterocycles. The van der Waals surface area contributed by atoms with Crippen LogP contribution in [-0.4, -0.2) is 51.9 Å². The summed E-state index contributed by atoms with van der Waals surface area (Å²) in [5, 5.41) is 12.3. The van der Waals surface area contributed by atoms with Crippen molar-refractivity contribution in [2.75, 3.05) is 18.0 Å². The molecule has 3 saturated heterocycles. The number of piperidine rings is 2. The van der Waals surface area contributed by atoms with Crippen LogP contribution in [-0.2, 0) is 7.05 Å². The van der Waals surface area contributed by atoms with Gasteiger partial charge in [-0.05, 0) is 50.7 Å². The van der Waals surface area contributed by atoms with Gasteiger partial charge in [-0.25, -0.2) is 9.67 Å². The highest BCUT2D eigenvalue weighted by atomic mass is 16.2. The van der Waals surface area contributed by atoms with Crippen molar-refractivity contribution in [2.45, 2.75) is 75.9 Å². The largest absolute Gasteiger partial charge is 0.357 e. The fraction of sp³-hybridized carbons (Fsp3) is 0.682. The van der Waals surface area contributed by atoms with E-state index in [-0.39, 0.29) is 11.9 Å². The van der Waals surface area contributed by atoms with E-state index in [0.717, 1.165) is 42.8 Å². The molecule has 7 nitrogen and oxygen atoms in total. The van der Waals surface area contributed by atoms with E-state index in [1.54, 1.807) is 4.68 Å². The Morgan fingerprint density at radius 3 is 2.52 bits per heavy atom. The highest BCUT2D eigenvalue weighted by Gasteiger charge is 2.32. The number of hydrogen-bond acceptors (Lipinski definition) is 5. The van der Waals surface area contributed by atoms with E-state index in [9.17, 15) is 4.79 Å². The van der Waals surface area contributed by atoms with Crippen molar-refractivity contribution in [3.63, 3.8) is 0 Å². The molecule has 3 fully saturated rings. The number of nitrogens with one attached hydrogen (secondary N) is 2. The molecular formula is C22H32N6O. The minimum Gasteiger partial charge on any atom is -0.357 e. The number of carbonyl (C=O) groups excluding carboxylic acids is 1. The fourth-order valence-electron chi connectivity index (χ4n) is 5.40. The van der Waals surface area contributed by atoms with Gasteiger partial charge in [0.1, 0.15) is 5.82 Å². The van der Waals surface area contributed by atoms with Gasteiger partial charge in [0.05, 0.1) is 5.39 Å². The third-order valence-electron chi connectivity index (χ3n) is 6.87. The minimum atomic E-state index is -0.0649. The second-order valence-electron chi connectivity index (χ2n) is 9.05. The van der Waals surface area contributed by atoms with Crippen LogP contribution in [0.2, 0.25) is 0 Å². The summed E-state index contributed by atoms with van der Waals surface area (Å²) in [6.45, 7) is 2.11. The van der Waals surface area contributed by atoms with Gasteiger partial charge in [0.15, 0.2) is 11.3 Å². The van der Waals surface area contributed by atoms with Crippen molar-refractivity contribution in [1.29, 1.82) is 0 Å². The zero-order chi connectivity index (χ0) is 19.8. The number of pyridine rings is 1. The van der Waals surface area contributed by atoms with Crippen LogP contribution < -0.4 is 15.5 Å². The molecule has 2 bridgehead atoms. The molecule has 0 radical (unpaired) electrons. The Hall–Kier alpha value is -2.15. The van der Waals surface area contributed by atoms with Crippen molar-refractivity contribution < 1.29 is 4.79 Å². The molecule has 2 unspecified atom stereocenters. The number of aromatic nitrogens is 3. The number of anilines is 1. The van der Waals surface area contributed by atoms with E-state index >= 15 is 0 Å². The van der Waals surface area contributed by atoms with Gasteiger partial charge in [-0.2, -0.15) is 5.10 Å². The summed E-state index contributed by atoms with van der Waals surface area (Å²) >= 11 is 0. The maximum absolute atomic E-state index is 13.0. The minimum absolute atomic E-state index is 0.0649. The van der Waals surface area contributed by atoms with E-state index in [1.807, 2.05) is 13.1 Å². The zero-order valence-electron chi connectivity index (χ0n) is 17.4. The predicted molar refractivity (Wildman–Crippen MR) is 114 cm³/mol. The molecule has 0 saturated carbocycles. The lowest BCUT2D eigenvalue weighted by molar-refractivity contribution is 0.0903. The SMILES string of the molecule is Cn1nc(C(=O)NC2CC3CCCC(C2)N3)c2ccc(N3CCCCCC3)nc21. The quantitative estimate of drug-likeness (QED) is 0.834. The molecule has 7 heteroatoms. The molecule has 3 aliphatic heterocycles. The van der Waals surface area contributed by atoms with Crippen molar-refractivity contribution in [3.8, 4) is 0 Å². The second-order valence-corrected chi connectivity index (χ2v) is 9.05. The summed E-state index contributed by atoms with van der Waals surface area (Å²) in [6, 6.07) is 5.42. The van der Waals surface area contributed by atoms with Gasteiger partial charge >= 0.3 is 0 Å². The van der Waals surface area contributed by atoms with E-state index in [0.29, 0.717) is 17.8 Å². The monoisotopic (exact) mass is 396 g/mol. The van der Waals surface area contributed by atoms with Crippen molar-refractivity contribution >= 4 is 22.8 Å². The van der Waals surface area contributed by atoms with E-state index in [4.69, 9.17) is 4.98 Å². The molecule has 5 heterocycles. The molecule has 0 spiro atoms. The predicted octanol–water partition coefficient (Wildman–Crippen LogP) is 2.75. The number of aryl methyl sites for hydroxylation is 1. The smallest absolute Gasteiger partial charge is 0.272 e. The Labute approximate surface area is 172 Å². The number of amides is 1. The topological polar surface area (TPSA) is 75.1 Å². The van der Waals surface area contributed by atoms with Crippen LogP contribution in [0.4, 0.5) is 5.82 Å². The molecule has 5 rings (SSSR count). The molecule has 2 atom stereocenters. The van der Waals surface area contributed by atoms with Crippen molar-refractivity contribution in [2.24, 2.45) is 7.05 Å². The second kappa shape index (κ2) is 7.94. The first kappa shape index (κ1) is 18.9. The highest BCUT2D eigenvalue weighted by molar-refractivity contribution is 6.04. The summed E-state index contributed by atoms with van der Waals surface area (Å²) in [4.78, 5) is 20.3. The Bertz CT molecular complexity index is 873. The third kappa shape index (κ3) is 3.84. The summed E-state index contributed by atoms with van der Waals surface area (Å²) in [5.41, 5.74) is 1.29. The third-order valence-corrected chi connectivity index (χ3v) is 6.87.